The van der Waals surface area contributed by atoms with Gasteiger partial charge in [-0.25, -0.2) is 0 Å². The van der Waals surface area contributed by atoms with Crippen LogP contribution in [-0.4, -0.2) is 64.1 Å². The predicted octanol–water partition coefficient (Wildman–Crippen LogP) is 0.722. The van der Waals surface area contributed by atoms with Gasteiger partial charge in [-0.2, -0.15) is 0 Å². The fourth-order valence-electron chi connectivity index (χ4n) is 2.28. The highest BCUT2D eigenvalue weighted by molar-refractivity contribution is 4.85. The van der Waals surface area contributed by atoms with Crippen molar-refractivity contribution in [2.24, 2.45) is 0 Å². The number of ether oxygens (including phenoxy) is 2. The van der Waals surface area contributed by atoms with Crippen LogP contribution in [0.3, 0.4) is 0 Å². The normalized spacial score (nSPS) is 26.2. The minimum absolute atomic E-state index is 0.505. The molecule has 0 saturated carbocycles. The third-order valence-corrected chi connectivity index (χ3v) is 3.22. The molecule has 2 unspecified atom stereocenters. The van der Waals surface area contributed by atoms with E-state index >= 15 is 0 Å². The van der Waals surface area contributed by atoms with Crippen LogP contribution < -0.4 is 5.32 Å². The van der Waals surface area contributed by atoms with Gasteiger partial charge in [0.05, 0.1) is 6.61 Å². The molecular formula is C12H26N2O2. The molecule has 0 spiro atoms. The van der Waals surface area contributed by atoms with Gasteiger partial charge in [0.15, 0.2) is 0 Å². The van der Waals surface area contributed by atoms with Gasteiger partial charge in [-0.3, -0.25) is 4.90 Å². The Bertz CT molecular complexity index is 176. The maximum absolute atomic E-state index is 5.57. The van der Waals surface area contributed by atoms with E-state index in [4.69, 9.17) is 9.47 Å². The third-order valence-electron chi connectivity index (χ3n) is 3.22. The summed E-state index contributed by atoms with van der Waals surface area (Å²) in [6, 6.07) is 1.08. The van der Waals surface area contributed by atoms with Crippen LogP contribution in [0, 0.1) is 0 Å². The summed E-state index contributed by atoms with van der Waals surface area (Å²) in [6.07, 6.45) is 2.20. The van der Waals surface area contributed by atoms with Gasteiger partial charge < -0.3 is 14.8 Å². The molecular weight excluding hydrogens is 204 g/mol. The second-order valence-electron chi connectivity index (χ2n) is 4.42. The van der Waals surface area contributed by atoms with E-state index in [1.54, 1.807) is 7.11 Å². The molecule has 0 aromatic heterocycles. The number of hydrogen-bond donors (Lipinski definition) is 1. The Balaban J connectivity index is 2.34. The van der Waals surface area contributed by atoms with Gasteiger partial charge in [-0.15, -0.1) is 0 Å². The molecule has 0 amide bonds. The Kier molecular flexibility index (Phi) is 6.96. The first kappa shape index (κ1) is 13.9. The van der Waals surface area contributed by atoms with Gasteiger partial charge >= 0.3 is 0 Å². The summed E-state index contributed by atoms with van der Waals surface area (Å²) in [5, 5.41) is 3.55. The molecule has 1 saturated heterocycles. The summed E-state index contributed by atoms with van der Waals surface area (Å²) in [4.78, 5) is 2.39. The molecule has 0 radical (unpaired) electrons. The number of rotatable bonds is 7. The van der Waals surface area contributed by atoms with Crippen LogP contribution in [0.25, 0.3) is 0 Å². The molecule has 1 heterocycles. The van der Waals surface area contributed by atoms with Gasteiger partial charge in [-0.1, -0.05) is 6.92 Å². The van der Waals surface area contributed by atoms with Crippen molar-refractivity contribution in [3.8, 4) is 0 Å². The van der Waals surface area contributed by atoms with Crippen LogP contribution in [0.1, 0.15) is 19.8 Å². The third kappa shape index (κ3) is 4.37. The summed E-state index contributed by atoms with van der Waals surface area (Å²) in [7, 11) is 3.94. The van der Waals surface area contributed by atoms with Crippen LogP contribution >= 0.6 is 0 Å². The van der Waals surface area contributed by atoms with Crippen LogP contribution in [-0.2, 0) is 9.47 Å². The van der Waals surface area contributed by atoms with Crippen molar-refractivity contribution in [1.82, 2.24) is 10.2 Å². The molecule has 1 fully saturated rings. The molecule has 4 heteroatoms. The molecule has 16 heavy (non-hydrogen) atoms. The maximum atomic E-state index is 5.57. The maximum Gasteiger partial charge on any atom is 0.0636 e. The first-order valence-electron chi connectivity index (χ1n) is 6.30. The summed E-state index contributed by atoms with van der Waals surface area (Å²) in [6.45, 7) is 6.85. The molecule has 1 N–H and O–H groups in total. The summed E-state index contributed by atoms with van der Waals surface area (Å²) in [5.41, 5.74) is 0. The second-order valence-corrected chi connectivity index (χ2v) is 4.42. The molecule has 1 rings (SSSR count). The smallest absolute Gasteiger partial charge is 0.0636 e. The van der Waals surface area contributed by atoms with Crippen LogP contribution in [0.5, 0.6) is 0 Å². The Morgan fingerprint density at radius 1 is 1.50 bits per heavy atom. The topological polar surface area (TPSA) is 33.7 Å². The number of methoxy groups -OCH3 is 1. The molecule has 2 atom stereocenters. The second kappa shape index (κ2) is 8.01. The van der Waals surface area contributed by atoms with E-state index in [1.165, 1.54) is 0 Å². The van der Waals surface area contributed by atoms with E-state index in [9.17, 15) is 0 Å². The standard InChI is InChI=1S/C12H26N2O2/c1-4-13-11-6-9-16-10-12(11)14(2)7-5-8-15-3/h11-13H,4-10H2,1-3H3. The van der Waals surface area contributed by atoms with Crippen LogP contribution in [0.4, 0.5) is 0 Å². The Labute approximate surface area is 99.3 Å². The minimum Gasteiger partial charge on any atom is -0.385 e. The van der Waals surface area contributed by atoms with Crippen molar-refractivity contribution in [3.63, 3.8) is 0 Å². The molecule has 0 bridgehead atoms. The SMILES string of the molecule is CCNC1CCOCC1N(C)CCCOC. The lowest BCUT2D eigenvalue weighted by Crippen LogP contribution is -2.54. The molecule has 0 aliphatic carbocycles. The average molecular weight is 230 g/mol. The van der Waals surface area contributed by atoms with Crippen LogP contribution in [0.2, 0.25) is 0 Å². The van der Waals surface area contributed by atoms with Gasteiger partial charge in [-0.05, 0) is 26.4 Å². The quantitative estimate of drug-likeness (QED) is 0.654. The van der Waals surface area contributed by atoms with Crippen molar-refractivity contribution in [2.75, 3.05) is 47.1 Å². The summed E-state index contributed by atoms with van der Waals surface area (Å²) < 4.78 is 10.7. The first-order valence-corrected chi connectivity index (χ1v) is 6.30. The molecule has 1 aliphatic rings. The lowest BCUT2D eigenvalue weighted by molar-refractivity contribution is 0.00439. The summed E-state index contributed by atoms with van der Waals surface area (Å²) in [5.74, 6) is 0. The molecule has 96 valence electrons. The fourth-order valence-corrected chi connectivity index (χ4v) is 2.28. The molecule has 4 nitrogen and oxygen atoms in total. The van der Waals surface area contributed by atoms with Gasteiger partial charge in [0.25, 0.3) is 0 Å². The lowest BCUT2D eigenvalue weighted by atomic mass is 10.0. The average Bonchev–Trinajstić information content (AvgIpc) is 2.30. The van der Waals surface area contributed by atoms with Gasteiger partial charge in [0.2, 0.25) is 0 Å². The minimum atomic E-state index is 0.505. The summed E-state index contributed by atoms with van der Waals surface area (Å²) >= 11 is 0. The van der Waals surface area contributed by atoms with E-state index in [-0.39, 0.29) is 0 Å². The van der Waals surface area contributed by atoms with Crippen LogP contribution in [0.15, 0.2) is 0 Å². The molecule has 1 aliphatic heterocycles. The van der Waals surface area contributed by atoms with Gasteiger partial charge in [0.1, 0.15) is 0 Å². The van der Waals surface area contributed by atoms with Crippen molar-refractivity contribution in [1.29, 1.82) is 0 Å². The monoisotopic (exact) mass is 230 g/mol. The zero-order chi connectivity index (χ0) is 11.8. The van der Waals surface area contributed by atoms with E-state index in [2.05, 4.69) is 24.2 Å². The van der Waals surface area contributed by atoms with Crippen molar-refractivity contribution in [3.05, 3.63) is 0 Å². The van der Waals surface area contributed by atoms with E-state index < -0.39 is 0 Å². The Hall–Kier alpha value is -0.160. The largest absolute Gasteiger partial charge is 0.385 e. The lowest BCUT2D eigenvalue weighted by Gasteiger charge is -2.38. The van der Waals surface area contributed by atoms with Crippen molar-refractivity contribution < 1.29 is 9.47 Å². The van der Waals surface area contributed by atoms with Crippen molar-refractivity contribution >= 4 is 0 Å². The molecule has 0 aromatic carbocycles. The van der Waals surface area contributed by atoms with Crippen molar-refractivity contribution in [2.45, 2.75) is 31.8 Å². The van der Waals surface area contributed by atoms with E-state index in [0.29, 0.717) is 12.1 Å². The van der Waals surface area contributed by atoms with Gasteiger partial charge in [0, 0.05) is 39.0 Å². The highest BCUT2D eigenvalue weighted by Gasteiger charge is 2.27. The highest BCUT2D eigenvalue weighted by atomic mass is 16.5. The Morgan fingerprint density at radius 3 is 3.00 bits per heavy atom. The highest BCUT2D eigenvalue weighted by Crippen LogP contribution is 2.13. The zero-order valence-corrected chi connectivity index (χ0v) is 10.9. The van der Waals surface area contributed by atoms with E-state index in [0.717, 1.165) is 45.8 Å². The number of nitrogens with zero attached hydrogens (tertiary/aromatic N) is 1. The fraction of sp³-hybridized carbons (Fsp3) is 1.00. The Morgan fingerprint density at radius 2 is 2.31 bits per heavy atom. The van der Waals surface area contributed by atoms with E-state index in [1.807, 2.05) is 0 Å². The number of nitrogens with one attached hydrogen (secondary N) is 1. The molecule has 0 aromatic rings. The first-order chi connectivity index (χ1) is 7.79. The number of hydrogen-bond acceptors (Lipinski definition) is 4. The zero-order valence-electron chi connectivity index (χ0n) is 10.9. The predicted molar refractivity (Wildman–Crippen MR) is 65.8 cm³/mol. The number of likely N-dealkylation sites (N-methyl/N-ethyl adjacent to an activating group) is 2.